The van der Waals surface area contributed by atoms with Crippen LogP contribution in [0.5, 0.6) is 0 Å². The Labute approximate surface area is 112 Å². The fourth-order valence-electron chi connectivity index (χ4n) is 1.77. The van der Waals surface area contributed by atoms with Crippen molar-refractivity contribution in [3.8, 4) is 6.07 Å². The predicted octanol–water partition coefficient (Wildman–Crippen LogP) is 2.55. The lowest BCUT2D eigenvalue weighted by atomic mass is 10.2. The number of para-hydroxylation sites is 1. The SMILES string of the molecule is CCNc1cncc(N(C)c2ccccc2C#N)n1. The van der Waals surface area contributed by atoms with E-state index in [1.165, 1.54) is 0 Å². The van der Waals surface area contributed by atoms with Gasteiger partial charge in [-0.1, -0.05) is 12.1 Å². The van der Waals surface area contributed by atoms with Crippen LogP contribution in [0.2, 0.25) is 0 Å². The minimum absolute atomic E-state index is 0.612. The molecule has 5 nitrogen and oxygen atoms in total. The van der Waals surface area contributed by atoms with E-state index in [-0.39, 0.29) is 0 Å². The molecule has 0 spiro atoms. The molecule has 0 radical (unpaired) electrons. The quantitative estimate of drug-likeness (QED) is 0.907. The smallest absolute Gasteiger partial charge is 0.153 e. The van der Waals surface area contributed by atoms with Gasteiger partial charge in [-0.25, -0.2) is 4.98 Å². The molecule has 1 aromatic carbocycles. The second kappa shape index (κ2) is 5.83. The van der Waals surface area contributed by atoms with Gasteiger partial charge in [0.25, 0.3) is 0 Å². The van der Waals surface area contributed by atoms with Gasteiger partial charge < -0.3 is 10.2 Å². The van der Waals surface area contributed by atoms with Crippen LogP contribution in [0.3, 0.4) is 0 Å². The molecule has 0 saturated carbocycles. The summed E-state index contributed by atoms with van der Waals surface area (Å²) in [5.41, 5.74) is 1.42. The van der Waals surface area contributed by atoms with E-state index in [1.807, 2.05) is 37.1 Å². The lowest BCUT2D eigenvalue weighted by Gasteiger charge is -2.19. The van der Waals surface area contributed by atoms with Crippen molar-refractivity contribution in [3.05, 3.63) is 42.2 Å². The zero-order chi connectivity index (χ0) is 13.7. The number of nitrogens with zero attached hydrogens (tertiary/aromatic N) is 4. The van der Waals surface area contributed by atoms with Gasteiger partial charge in [-0.05, 0) is 19.1 Å². The maximum atomic E-state index is 9.13. The Hall–Kier alpha value is -2.61. The Morgan fingerprint density at radius 3 is 2.84 bits per heavy atom. The van der Waals surface area contributed by atoms with Crippen LogP contribution in [-0.4, -0.2) is 23.6 Å². The molecule has 0 fully saturated rings. The van der Waals surface area contributed by atoms with E-state index in [9.17, 15) is 0 Å². The molecule has 0 aliphatic rings. The summed E-state index contributed by atoms with van der Waals surface area (Å²) in [4.78, 5) is 10.5. The van der Waals surface area contributed by atoms with Crippen molar-refractivity contribution in [2.75, 3.05) is 23.8 Å². The average molecular weight is 253 g/mol. The molecular weight excluding hydrogens is 238 g/mol. The van der Waals surface area contributed by atoms with Crippen LogP contribution in [0.25, 0.3) is 0 Å². The lowest BCUT2D eigenvalue weighted by Crippen LogP contribution is -2.14. The van der Waals surface area contributed by atoms with Gasteiger partial charge in [-0.2, -0.15) is 5.26 Å². The Bertz CT molecular complexity index is 603. The first-order valence-corrected chi connectivity index (χ1v) is 6.05. The van der Waals surface area contributed by atoms with Crippen molar-refractivity contribution in [1.29, 1.82) is 5.26 Å². The minimum atomic E-state index is 0.612. The highest BCUT2D eigenvalue weighted by Crippen LogP contribution is 2.25. The van der Waals surface area contributed by atoms with Gasteiger partial charge in [-0.15, -0.1) is 0 Å². The predicted molar refractivity (Wildman–Crippen MR) is 75.4 cm³/mol. The van der Waals surface area contributed by atoms with E-state index in [2.05, 4.69) is 21.4 Å². The van der Waals surface area contributed by atoms with Gasteiger partial charge in [0.05, 0.1) is 23.6 Å². The standard InChI is InChI=1S/C14H15N5/c1-3-17-13-9-16-10-14(18-13)19(2)12-7-5-4-6-11(12)8-15/h4-7,9-10H,3H2,1-2H3,(H,17,18). The first kappa shape index (κ1) is 12.8. The number of rotatable bonds is 4. The number of nitrogens with one attached hydrogen (secondary N) is 1. The molecule has 1 heterocycles. The molecule has 0 amide bonds. The third kappa shape index (κ3) is 2.80. The maximum absolute atomic E-state index is 9.13. The molecule has 19 heavy (non-hydrogen) atoms. The molecule has 2 aromatic rings. The van der Waals surface area contributed by atoms with Gasteiger partial charge >= 0.3 is 0 Å². The van der Waals surface area contributed by atoms with Gasteiger partial charge in [0.15, 0.2) is 5.82 Å². The van der Waals surface area contributed by atoms with E-state index in [0.29, 0.717) is 11.4 Å². The van der Waals surface area contributed by atoms with Gasteiger partial charge in [0, 0.05) is 13.6 Å². The van der Waals surface area contributed by atoms with Crippen LogP contribution in [0.15, 0.2) is 36.7 Å². The molecule has 0 aliphatic heterocycles. The van der Waals surface area contributed by atoms with Crippen molar-refractivity contribution in [1.82, 2.24) is 9.97 Å². The third-order valence-electron chi connectivity index (χ3n) is 2.71. The average Bonchev–Trinajstić information content (AvgIpc) is 2.47. The van der Waals surface area contributed by atoms with Gasteiger partial charge in [-0.3, -0.25) is 4.98 Å². The van der Waals surface area contributed by atoms with Crippen molar-refractivity contribution >= 4 is 17.3 Å². The van der Waals surface area contributed by atoms with Crippen LogP contribution in [-0.2, 0) is 0 Å². The Morgan fingerprint density at radius 2 is 2.11 bits per heavy atom. The number of nitriles is 1. The summed E-state index contributed by atoms with van der Waals surface area (Å²) in [6, 6.07) is 9.60. The van der Waals surface area contributed by atoms with E-state index < -0.39 is 0 Å². The van der Waals surface area contributed by atoms with Crippen LogP contribution in [0.1, 0.15) is 12.5 Å². The summed E-state index contributed by atoms with van der Waals surface area (Å²) in [5.74, 6) is 1.42. The molecule has 0 saturated heterocycles. The maximum Gasteiger partial charge on any atom is 0.153 e. The number of aromatic nitrogens is 2. The zero-order valence-electron chi connectivity index (χ0n) is 11.0. The second-order valence-electron chi connectivity index (χ2n) is 3.98. The minimum Gasteiger partial charge on any atom is -0.369 e. The summed E-state index contributed by atoms with van der Waals surface area (Å²) in [6.07, 6.45) is 3.35. The molecule has 0 bridgehead atoms. The molecule has 0 unspecified atom stereocenters. The molecule has 2 rings (SSSR count). The molecule has 1 N–H and O–H groups in total. The third-order valence-corrected chi connectivity index (χ3v) is 2.71. The van der Waals surface area contributed by atoms with Crippen molar-refractivity contribution in [3.63, 3.8) is 0 Å². The molecule has 0 aliphatic carbocycles. The van der Waals surface area contributed by atoms with Crippen molar-refractivity contribution < 1.29 is 0 Å². The number of anilines is 3. The molecule has 5 heteroatoms. The fraction of sp³-hybridized carbons (Fsp3) is 0.214. The van der Waals surface area contributed by atoms with E-state index in [0.717, 1.165) is 18.1 Å². The first-order chi connectivity index (χ1) is 9.26. The molecule has 1 aromatic heterocycles. The van der Waals surface area contributed by atoms with Crippen LogP contribution < -0.4 is 10.2 Å². The highest BCUT2D eigenvalue weighted by atomic mass is 15.2. The van der Waals surface area contributed by atoms with Crippen LogP contribution >= 0.6 is 0 Å². The van der Waals surface area contributed by atoms with Crippen LogP contribution in [0, 0.1) is 11.3 Å². The van der Waals surface area contributed by atoms with Crippen molar-refractivity contribution in [2.24, 2.45) is 0 Å². The highest BCUT2D eigenvalue weighted by Gasteiger charge is 2.10. The lowest BCUT2D eigenvalue weighted by molar-refractivity contribution is 1.06. The van der Waals surface area contributed by atoms with E-state index in [4.69, 9.17) is 5.26 Å². The zero-order valence-corrected chi connectivity index (χ0v) is 11.0. The summed E-state index contributed by atoms with van der Waals surface area (Å²) >= 11 is 0. The van der Waals surface area contributed by atoms with Crippen molar-refractivity contribution in [2.45, 2.75) is 6.92 Å². The Morgan fingerprint density at radius 1 is 1.32 bits per heavy atom. The van der Waals surface area contributed by atoms with E-state index >= 15 is 0 Å². The van der Waals surface area contributed by atoms with Gasteiger partial charge in [0.2, 0.25) is 0 Å². The summed E-state index contributed by atoms with van der Waals surface area (Å²) in [7, 11) is 1.87. The fourth-order valence-corrected chi connectivity index (χ4v) is 1.77. The van der Waals surface area contributed by atoms with E-state index in [1.54, 1.807) is 18.5 Å². The summed E-state index contributed by atoms with van der Waals surface area (Å²) in [5, 5.41) is 12.2. The Balaban J connectivity index is 2.36. The highest BCUT2D eigenvalue weighted by molar-refractivity contribution is 5.66. The van der Waals surface area contributed by atoms with Gasteiger partial charge in [0.1, 0.15) is 11.9 Å². The molecule has 96 valence electrons. The summed E-state index contributed by atoms with van der Waals surface area (Å²) in [6.45, 7) is 2.79. The molecular formula is C14H15N5. The largest absolute Gasteiger partial charge is 0.369 e. The van der Waals surface area contributed by atoms with Crippen LogP contribution in [0.4, 0.5) is 17.3 Å². The monoisotopic (exact) mass is 253 g/mol. The summed E-state index contributed by atoms with van der Waals surface area (Å²) < 4.78 is 0. The first-order valence-electron chi connectivity index (χ1n) is 6.05. The Kier molecular flexibility index (Phi) is 3.94. The normalized spacial score (nSPS) is 9.74. The number of benzene rings is 1. The number of hydrogen-bond acceptors (Lipinski definition) is 5. The topological polar surface area (TPSA) is 64.8 Å². The number of hydrogen-bond donors (Lipinski definition) is 1. The second-order valence-corrected chi connectivity index (χ2v) is 3.98. The molecule has 0 atom stereocenters.